The summed E-state index contributed by atoms with van der Waals surface area (Å²) < 4.78 is 0. The first kappa shape index (κ1) is 22.1. The molecule has 0 saturated heterocycles. The van der Waals surface area contributed by atoms with Gasteiger partial charge in [-0.15, -0.1) is 0 Å². The molecule has 0 spiro atoms. The molecule has 0 aliphatic heterocycles. The third-order valence-electron chi connectivity index (χ3n) is 6.48. The zero-order chi connectivity index (χ0) is 22.0. The lowest BCUT2D eigenvalue weighted by Crippen LogP contribution is -2.62. The van der Waals surface area contributed by atoms with Crippen molar-refractivity contribution in [1.29, 1.82) is 0 Å². The summed E-state index contributed by atoms with van der Waals surface area (Å²) in [5.74, 6) is 0. The van der Waals surface area contributed by atoms with Gasteiger partial charge in [0.2, 0.25) is 0 Å². The summed E-state index contributed by atoms with van der Waals surface area (Å²) in [7, 11) is 0. The summed E-state index contributed by atoms with van der Waals surface area (Å²) in [6.07, 6.45) is 6.39. The molecule has 1 saturated carbocycles. The van der Waals surface area contributed by atoms with Crippen LogP contribution in [0.1, 0.15) is 44.9 Å². The Hall–Kier alpha value is -2.07. The average molecular weight is 454 g/mol. The molecule has 31 heavy (non-hydrogen) atoms. The van der Waals surface area contributed by atoms with E-state index < -0.39 is 0 Å². The van der Waals surface area contributed by atoms with Crippen molar-refractivity contribution < 1.29 is 0 Å². The maximum Gasteiger partial charge on any atom is 0.0744 e. The Morgan fingerprint density at radius 3 is 2.55 bits per heavy atom. The molecule has 1 N–H and O–H groups in total. The smallest absolute Gasteiger partial charge is 0.0744 e. The van der Waals surface area contributed by atoms with Crippen molar-refractivity contribution in [1.82, 2.24) is 9.88 Å². The molecule has 4 rings (SSSR count). The van der Waals surface area contributed by atoms with Gasteiger partial charge >= 0.3 is 0 Å². The van der Waals surface area contributed by atoms with Crippen molar-refractivity contribution in [2.75, 3.05) is 18.4 Å². The maximum absolute atomic E-state index is 6.32. The topological polar surface area (TPSA) is 28.2 Å². The number of hydrogen-bond acceptors (Lipinski definition) is 3. The summed E-state index contributed by atoms with van der Waals surface area (Å²) in [6, 6.07) is 16.4. The molecule has 1 fully saturated rings. The Kier molecular flexibility index (Phi) is 6.57. The van der Waals surface area contributed by atoms with E-state index >= 15 is 0 Å². The van der Waals surface area contributed by atoms with E-state index in [-0.39, 0.29) is 5.54 Å². The number of halogens is 2. The quantitative estimate of drug-likeness (QED) is 0.404. The summed E-state index contributed by atoms with van der Waals surface area (Å²) >= 11 is 12.6. The summed E-state index contributed by atoms with van der Waals surface area (Å²) in [6.45, 7) is 8.95. The van der Waals surface area contributed by atoms with Crippen LogP contribution in [0.3, 0.4) is 0 Å². The minimum absolute atomic E-state index is 0.0314. The van der Waals surface area contributed by atoms with Crippen molar-refractivity contribution in [3.63, 3.8) is 0 Å². The lowest BCUT2D eigenvalue weighted by Gasteiger charge is -2.53. The second-order valence-electron chi connectivity index (χ2n) is 8.43. The molecule has 1 aliphatic carbocycles. The highest BCUT2D eigenvalue weighted by Gasteiger charge is 2.45. The molecule has 5 heteroatoms. The van der Waals surface area contributed by atoms with Gasteiger partial charge in [-0.1, -0.05) is 61.3 Å². The number of nitrogens with zero attached hydrogens (tertiary/aromatic N) is 2. The van der Waals surface area contributed by atoms with Crippen LogP contribution in [-0.4, -0.2) is 34.6 Å². The Morgan fingerprint density at radius 1 is 1.10 bits per heavy atom. The van der Waals surface area contributed by atoms with Crippen LogP contribution in [-0.2, 0) is 0 Å². The fourth-order valence-corrected chi connectivity index (χ4v) is 4.97. The predicted octanol–water partition coefficient (Wildman–Crippen LogP) is 7.39. The SMILES string of the molecule is CCN(CC)C1CCC1(C)Nc1cc(/C=C/c2ccccc2Cl)nc2cc(Cl)ccc12. The molecule has 0 radical (unpaired) electrons. The Balaban J connectivity index is 1.71. The Morgan fingerprint density at radius 2 is 1.87 bits per heavy atom. The lowest BCUT2D eigenvalue weighted by molar-refractivity contribution is 0.0694. The van der Waals surface area contributed by atoms with Gasteiger partial charge in [0.15, 0.2) is 0 Å². The van der Waals surface area contributed by atoms with Gasteiger partial charge in [-0.3, -0.25) is 4.90 Å². The monoisotopic (exact) mass is 453 g/mol. The summed E-state index contributed by atoms with van der Waals surface area (Å²) in [5.41, 5.74) is 3.86. The third-order valence-corrected chi connectivity index (χ3v) is 7.06. The minimum atomic E-state index is 0.0314. The van der Waals surface area contributed by atoms with E-state index in [2.05, 4.69) is 43.1 Å². The molecule has 3 aromatic rings. The average Bonchev–Trinajstić information content (AvgIpc) is 2.75. The molecule has 1 heterocycles. The van der Waals surface area contributed by atoms with Crippen molar-refractivity contribution in [2.45, 2.75) is 45.2 Å². The highest BCUT2D eigenvalue weighted by atomic mass is 35.5. The first-order valence-electron chi connectivity index (χ1n) is 11.0. The zero-order valence-corrected chi connectivity index (χ0v) is 19.8. The number of rotatable bonds is 7. The zero-order valence-electron chi connectivity index (χ0n) is 18.3. The molecular formula is C26H29Cl2N3. The maximum atomic E-state index is 6.32. The number of likely N-dealkylation sites (N-methyl/N-ethyl adjacent to an activating group) is 1. The van der Waals surface area contributed by atoms with Crippen molar-refractivity contribution in [3.05, 3.63) is 69.8 Å². The van der Waals surface area contributed by atoms with Gasteiger partial charge in [0.05, 0.1) is 16.7 Å². The number of anilines is 1. The van der Waals surface area contributed by atoms with Crippen LogP contribution in [0.2, 0.25) is 10.0 Å². The highest BCUT2D eigenvalue weighted by Crippen LogP contribution is 2.40. The van der Waals surface area contributed by atoms with Gasteiger partial charge in [0, 0.05) is 27.2 Å². The van der Waals surface area contributed by atoms with Crippen LogP contribution in [0.25, 0.3) is 23.1 Å². The van der Waals surface area contributed by atoms with E-state index in [1.54, 1.807) is 0 Å². The van der Waals surface area contributed by atoms with E-state index in [1.165, 1.54) is 6.42 Å². The van der Waals surface area contributed by atoms with Crippen LogP contribution in [0.4, 0.5) is 5.69 Å². The van der Waals surface area contributed by atoms with Crippen molar-refractivity contribution in [3.8, 4) is 0 Å². The molecule has 0 amide bonds. The number of fused-ring (bicyclic) bond motifs is 1. The standard InChI is InChI=1S/C26H29Cl2N3/c1-4-31(5-2)25-14-15-26(25,3)30-24-17-20(12-10-18-8-6-7-9-22(18)28)29-23-16-19(27)11-13-21(23)24/h6-13,16-17,25H,4-5,14-15H2,1-3H3,(H,29,30)/b12-10+. The Bertz CT molecular complexity index is 1110. The second-order valence-corrected chi connectivity index (χ2v) is 9.27. The summed E-state index contributed by atoms with van der Waals surface area (Å²) in [4.78, 5) is 7.39. The molecule has 162 valence electrons. The minimum Gasteiger partial charge on any atom is -0.378 e. The fourth-order valence-electron chi connectivity index (χ4n) is 4.61. The van der Waals surface area contributed by atoms with Crippen molar-refractivity contribution >= 4 is 51.9 Å². The molecule has 2 atom stereocenters. The number of nitrogens with one attached hydrogen (secondary N) is 1. The number of aromatic nitrogens is 1. The molecule has 3 nitrogen and oxygen atoms in total. The van der Waals surface area contributed by atoms with Crippen LogP contribution in [0.15, 0.2) is 48.5 Å². The highest BCUT2D eigenvalue weighted by molar-refractivity contribution is 6.32. The van der Waals surface area contributed by atoms with Gasteiger partial charge in [0.1, 0.15) is 0 Å². The van der Waals surface area contributed by atoms with E-state index in [1.807, 2.05) is 48.6 Å². The molecule has 1 aromatic heterocycles. The molecule has 2 unspecified atom stereocenters. The van der Waals surface area contributed by atoms with Gasteiger partial charge in [-0.05, 0) is 74.8 Å². The first-order chi connectivity index (χ1) is 14.9. The molecule has 0 bridgehead atoms. The number of benzene rings is 2. The predicted molar refractivity (Wildman–Crippen MR) is 135 cm³/mol. The molecule has 1 aliphatic rings. The van der Waals surface area contributed by atoms with E-state index in [0.29, 0.717) is 11.1 Å². The number of hydrogen-bond donors (Lipinski definition) is 1. The largest absolute Gasteiger partial charge is 0.378 e. The van der Waals surface area contributed by atoms with Crippen LogP contribution < -0.4 is 5.32 Å². The van der Waals surface area contributed by atoms with Crippen molar-refractivity contribution in [2.24, 2.45) is 0 Å². The van der Waals surface area contributed by atoms with E-state index in [9.17, 15) is 0 Å². The first-order valence-corrected chi connectivity index (χ1v) is 11.7. The molecule has 2 aromatic carbocycles. The van der Waals surface area contributed by atoms with Crippen LogP contribution in [0, 0.1) is 0 Å². The van der Waals surface area contributed by atoms with Crippen LogP contribution in [0.5, 0.6) is 0 Å². The van der Waals surface area contributed by atoms with Gasteiger partial charge < -0.3 is 5.32 Å². The van der Waals surface area contributed by atoms with Crippen LogP contribution >= 0.6 is 23.2 Å². The van der Waals surface area contributed by atoms with E-state index in [0.717, 1.165) is 52.4 Å². The van der Waals surface area contributed by atoms with Gasteiger partial charge in [0.25, 0.3) is 0 Å². The molecular weight excluding hydrogens is 425 g/mol. The second kappa shape index (κ2) is 9.20. The third kappa shape index (κ3) is 4.59. The van der Waals surface area contributed by atoms with Gasteiger partial charge in [-0.25, -0.2) is 4.98 Å². The lowest BCUT2D eigenvalue weighted by atomic mass is 9.71. The van der Waals surface area contributed by atoms with E-state index in [4.69, 9.17) is 28.2 Å². The number of pyridine rings is 1. The Labute approximate surface area is 195 Å². The normalized spacial score (nSPS) is 21.0. The summed E-state index contributed by atoms with van der Waals surface area (Å²) in [5, 5.41) is 6.39. The fraction of sp³-hybridized carbons (Fsp3) is 0.346. The van der Waals surface area contributed by atoms with Gasteiger partial charge in [-0.2, -0.15) is 0 Å².